The Bertz CT molecular complexity index is 1060. The van der Waals surface area contributed by atoms with Crippen molar-refractivity contribution >= 4 is 5.91 Å². The van der Waals surface area contributed by atoms with Crippen molar-refractivity contribution in [3.05, 3.63) is 70.8 Å². The highest BCUT2D eigenvalue weighted by atomic mass is 19.4. The topological polar surface area (TPSA) is 32.8 Å². The van der Waals surface area contributed by atoms with Gasteiger partial charge in [-0.15, -0.1) is 0 Å². The number of carbonyl (C=O) groups excluding carboxylic acids is 1. The second-order valence-electron chi connectivity index (χ2n) is 9.54. The van der Waals surface area contributed by atoms with Crippen LogP contribution in [-0.4, -0.2) is 48.0 Å². The number of piperidine rings is 1. The lowest BCUT2D eigenvalue weighted by atomic mass is 9.78. The Morgan fingerprint density at radius 3 is 2.19 bits per heavy atom. The average Bonchev–Trinajstić information content (AvgIpc) is 2.83. The maximum atomic E-state index is 13.3. The third kappa shape index (κ3) is 5.25. The van der Waals surface area contributed by atoms with E-state index in [1.165, 1.54) is 6.92 Å². The second-order valence-corrected chi connectivity index (χ2v) is 9.54. The van der Waals surface area contributed by atoms with Crippen LogP contribution in [0.2, 0.25) is 0 Å². The van der Waals surface area contributed by atoms with Crippen LogP contribution < -0.4 is 0 Å². The van der Waals surface area contributed by atoms with Crippen LogP contribution in [0.25, 0.3) is 0 Å². The Hall–Kier alpha value is -2.59. The zero-order valence-corrected chi connectivity index (χ0v) is 20.0. The van der Waals surface area contributed by atoms with Crippen molar-refractivity contribution < 1.29 is 35.9 Å². The van der Waals surface area contributed by atoms with Gasteiger partial charge in [0.05, 0.1) is 29.4 Å². The molecule has 10 heteroatoms. The predicted molar refractivity (Wildman–Crippen MR) is 121 cm³/mol. The highest BCUT2D eigenvalue weighted by molar-refractivity contribution is 5.73. The lowest BCUT2D eigenvalue weighted by Crippen LogP contribution is -2.65. The highest BCUT2D eigenvalue weighted by Gasteiger charge is 2.47. The van der Waals surface area contributed by atoms with Gasteiger partial charge in [-0.25, -0.2) is 0 Å². The molecule has 2 aliphatic rings. The van der Waals surface area contributed by atoms with Gasteiger partial charge in [0.25, 0.3) is 0 Å². The molecule has 2 fully saturated rings. The number of carbonyl (C=O) groups is 1. The summed E-state index contributed by atoms with van der Waals surface area (Å²) in [5.41, 5.74) is -2.55. The molecule has 2 saturated heterocycles. The first kappa shape index (κ1) is 26.5. The number of ether oxygens (including phenoxy) is 1. The number of piperazine rings is 1. The number of hydrogen-bond donors (Lipinski definition) is 0. The lowest BCUT2D eigenvalue weighted by molar-refractivity contribution is -0.144. The minimum Gasteiger partial charge on any atom is -0.372 e. The van der Waals surface area contributed by atoms with E-state index in [0.29, 0.717) is 32.5 Å². The van der Waals surface area contributed by atoms with Crippen molar-refractivity contribution in [2.45, 2.75) is 56.7 Å². The van der Waals surface area contributed by atoms with E-state index in [-0.39, 0.29) is 30.2 Å². The van der Waals surface area contributed by atoms with Gasteiger partial charge in [-0.3, -0.25) is 9.69 Å². The largest absolute Gasteiger partial charge is 0.416 e. The molecule has 0 radical (unpaired) electrons. The summed E-state index contributed by atoms with van der Waals surface area (Å²) in [6.07, 6.45) is -9.50. The number of hydrogen-bond acceptors (Lipinski definition) is 3. The Morgan fingerprint density at radius 1 is 1.03 bits per heavy atom. The summed E-state index contributed by atoms with van der Waals surface area (Å²) < 4.78 is 86.1. The van der Waals surface area contributed by atoms with Crippen molar-refractivity contribution in [1.29, 1.82) is 0 Å². The van der Waals surface area contributed by atoms with Crippen LogP contribution >= 0.6 is 0 Å². The van der Waals surface area contributed by atoms with Gasteiger partial charge in [-0.1, -0.05) is 30.3 Å². The molecule has 4 rings (SSSR count). The maximum Gasteiger partial charge on any atom is 0.416 e. The van der Waals surface area contributed by atoms with Crippen LogP contribution in [0.15, 0.2) is 48.5 Å². The van der Waals surface area contributed by atoms with Gasteiger partial charge >= 0.3 is 12.4 Å². The molecular weight excluding hydrogens is 486 g/mol. The summed E-state index contributed by atoms with van der Waals surface area (Å²) in [4.78, 5) is 16.1. The van der Waals surface area contributed by atoms with Gasteiger partial charge in [0.1, 0.15) is 0 Å². The molecule has 4 nitrogen and oxygen atoms in total. The molecule has 2 aliphatic heterocycles. The number of rotatable bonds is 5. The fraction of sp³-hybridized carbons (Fsp3) is 0.500. The smallest absolute Gasteiger partial charge is 0.372 e. The zero-order valence-electron chi connectivity index (χ0n) is 20.0. The van der Waals surface area contributed by atoms with Gasteiger partial charge in [0.2, 0.25) is 5.91 Å². The molecule has 36 heavy (non-hydrogen) atoms. The quantitative estimate of drug-likeness (QED) is 0.458. The average molecular weight is 515 g/mol. The Balaban J connectivity index is 1.62. The molecule has 0 spiro atoms. The molecule has 2 aromatic rings. The first-order valence-electron chi connectivity index (χ1n) is 11.8. The van der Waals surface area contributed by atoms with E-state index in [9.17, 15) is 31.1 Å². The Labute approximate surface area is 205 Å². The number of fused-ring (bicyclic) bond motifs is 2. The van der Waals surface area contributed by atoms with Crippen molar-refractivity contribution in [3.63, 3.8) is 0 Å². The van der Waals surface area contributed by atoms with E-state index >= 15 is 0 Å². The van der Waals surface area contributed by atoms with Crippen molar-refractivity contribution in [1.82, 2.24) is 9.80 Å². The van der Waals surface area contributed by atoms with Crippen LogP contribution in [0.3, 0.4) is 0 Å². The van der Waals surface area contributed by atoms with Crippen molar-refractivity contribution in [3.8, 4) is 0 Å². The minimum atomic E-state index is -4.92. The van der Waals surface area contributed by atoms with Gasteiger partial charge in [0, 0.05) is 32.6 Å². The molecule has 2 bridgehead atoms. The normalized spacial score (nSPS) is 25.5. The number of benzene rings is 2. The highest BCUT2D eigenvalue weighted by Crippen LogP contribution is 2.43. The molecule has 0 N–H and O–H groups in total. The van der Waals surface area contributed by atoms with E-state index in [0.717, 1.165) is 17.7 Å². The standard InChI is InChI=1S/C26H28F6N2O2/c1-17(19-12-21(25(27,28)29)14-22(13-19)26(30,31)32)36-16-24(20-6-4-3-5-7-20)9-8-23-15-33(24)10-11-34(23)18(2)35/h3-7,12-14,17,23H,8-11,15-16H2,1-2H3/t17?,23?,24-/m1/s1. The Morgan fingerprint density at radius 2 is 1.64 bits per heavy atom. The first-order chi connectivity index (χ1) is 16.8. The molecular formula is C26H28F6N2O2. The molecule has 1 amide bonds. The van der Waals surface area contributed by atoms with E-state index in [2.05, 4.69) is 4.90 Å². The summed E-state index contributed by atoms with van der Waals surface area (Å²) in [6.45, 7) is 4.85. The monoisotopic (exact) mass is 514 g/mol. The van der Waals surface area contributed by atoms with E-state index in [1.54, 1.807) is 6.92 Å². The van der Waals surface area contributed by atoms with Crippen LogP contribution in [0.4, 0.5) is 26.3 Å². The summed E-state index contributed by atoms with van der Waals surface area (Å²) >= 11 is 0. The number of amides is 1. The number of alkyl halides is 6. The van der Waals surface area contributed by atoms with Gasteiger partial charge in [-0.05, 0) is 49.1 Å². The van der Waals surface area contributed by atoms with Crippen molar-refractivity contribution in [2.24, 2.45) is 0 Å². The van der Waals surface area contributed by atoms with Crippen LogP contribution in [0, 0.1) is 0 Å². The van der Waals surface area contributed by atoms with Gasteiger partial charge in [-0.2, -0.15) is 26.3 Å². The lowest BCUT2D eigenvalue weighted by Gasteiger charge is -2.55. The maximum absolute atomic E-state index is 13.3. The van der Waals surface area contributed by atoms with Crippen LogP contribution in [0.5, 0.6) is 0 Å². The third-order valence-corrected chi connectivity index (χ3v) is 7.35. The fourth-order valence-corrected chi connectivity index (χ4v) is 5.36. The van der Waals surface area contributed by atoms with Crippen molar-refractivity contribution in [2.75, 3.05) is 26.2 Å². The molecule has 2 heterocycles. The molecule has 0 aliphatic carbocycles. The molecule has 0 saturated carbocycles. The van der Waals surface area contributed by atoms with Crippen LogP contribution in [-0.2, 0) is 27.4 Å². The van der Waals surface area contributed by atoms with E-state index in [4.69, 9.17) is 4.74 Å². The minimum absolute atomic E-state index is 0.0155. The van der Waals surface area contributed by atoms with Crippen LogP contribution in [0.1, 0.15) is 55.0 Å². The number of nitrogens with zero attached hydrogens (tertiary/aromatic N) is 2. The van der Waals surface area contributed by atoms with Gasteiger partial charge < -0.3 is 9.64 Å². The summed E-state index contributed by atoms with van der Waals surface area (Å²) in [7, 11) is 0. The predicted octanol–water partition coefficient (Wildman–Crippen LogP) is 6.02. The zero-order chi connectivity index (χ0) is 26.3. The Kier molecular flexibility index (Phi) is 7.13. The molecule has 2 aromatic carbocycles. The SMILES string of the molecule is CC(=O)N1CCN2CC1CC[C@@]2(COC(C)c1cc(C(F)(F)F)cc(C(F)(F)F)c1)c1ccccc1. The first-order valence-corrected chi connectivity index (χ1v) is 11.8. The number of halogens is 6. The molecule has 3 unspecified atom stereocenters. The summed E-state index contributed by atoms with van der Waals surface area (Å²) in [5.74, 6) is 0.0155. The summed E-state index contributed by atoms with van der Waals surface area (Å²) in [6, 6.07) is 11.2. The second kappa shape index (κ2) is 9.70. The summed E-state index contributed by atoms with van der Waals surface area (Å²) in [5, 5.41) is 0. The van der Waals surface area contributed by atoms with E-state index in [1.807, 2.05) is 35.2 Å². The molecule has 4 atom stereocenters. The molecule has 0 aromatic heterocycles. The third-order valence-electron chi connectivity index (χ3n) is 7.35. The van der Waals surface area contributed by atoms with Gasteiger partial charge in [0.15, 0.2) is 0 Å². The molecule has 196 valence electrons. The van der Waals surface area contributed by atoms with E-state index < -0.39 is 35.1 Å². The fourth-order valence-electron chi connectivity index (χ4n) is 5.36.